The van der Waals surface area contributed by atoms with Gasteiger partial charge in [0.05, 0.1) is 25.4 Å². The fourth-order valence-electron chi connectivity index (χ4n) is 7.75. The molecule has 1 saturated heterocycles. The molecule has 0 bridgehead atoms. The van der Waals surface area contributed by atoms with E-state index >= 15 is 0 Å². The first-order valence-corrected chi connectivity index (χ1v) is 23.9. The van der Waals surface area contributed by atoms with Crippen LogP contribution < -0.4 is 5.32 Å². The number of aliphatic hydroxyl groups is 5. The van der Waals surface area contributed by atoms with E-state index in [2.05, 4.69) is 19.2 Å². The number of carbonyl (C=O) groups is 1. The summed E-state index contributed by atoms with van der Waals surface area (Å²) < 4.78 is 11.2. The smallest absolute Gasteiger partial charge is 0.220 e. The lowest BCUT2D eigenvalue weighted by molar-refractivity contribution is -0.302. The second kappa shape index (κ2) is 38.2. The minimum Gasteiger partial charge on any atom is -0.394 e. The highest BCUT2D eigenvalue weighted by atomic mass is 16.7. The van der Waals surface area contributed by atoms with Crippen LogP contribution in [0, 0.1) is 0 Å². The molecule has 0 saturated carbocycles. The van der Waals surface area contributed by atoms with E-state index in [0.717, 1.165) is 38.5 Å². The molecule has 0 aromatic rings. The van der Waals surface area contributed by atoms with Gasteiger partial charge in [0.1, 0.15) is 24.4 Å². The summed E-state index contributed by atoms with van der Waals surface area (Å²) in [5.41, 5.74) is 0. The Kier molecular flexibility index (Phi) is 36.1. The van der Waals surface area contributed by atoms with E-state index in [1.165, 1.54) is 167 Å². The van der Waals surface area contributed by atoms with Crippen molar-refractivity contribution in [2.24, 2.45) is 0 Å². The largest absolute Gasteiger partial charge is 0.394 e. The first kappa shape index (κ1) is 52.9. The lowest BCUT2D eigenvalue weighted by atomic mass is 9.99. The number of amides is 1. The fraction of sp³-hybridized carbons (Fsp3) is 0.936. The van der Waals surface area contributed by atoms with E-state index in [-0.39, 0.29) is 12.5 Å². The van der Waals surface area contributed by atoms with Gasteiger partial charge < -0.3 is 40.3 Å². The van der Waals surface area contributed by atoms with Crippen molar-refractivity contribution in [2.45, 2.75) is 269 Å². The van der Waals surface area contributed by atoms with Crippen LogP contribution in [0.15, 0.2) is 12.2 Å². The molecule has 6 N–H and O–H groups in total. The molecule has 56 heavy (non-hydrogen) atoms. The zero-order valence-electron chi connectivity index (χ0n) is 36.4. The molecule has 1 aliphatic rings. The molecule has 1 amide bonds. The molecule has 0 aromatic carbocycles. The first-order valence-electron chi connectivity index (χ1n) is 23.9. The van der Waals surface area contributed by atoms with Crippen molar-refractivity contribution in [1.29, 1.82) is 0 Å². The summed E-state index contributed by atoms with van der Waals surface area (Å²) in [4.78, 5) is 13.0. The van der Waals surface area contributed by atoms with Crippen LogP contribution >= 0.6 is 0 Å². The SMILES string of the molecule is CCCCCCCCCCCCC/C=C/[C@@H](O)[C@H](COC1O[C@H](CO)[C@H](O)[C@H](O)[C@H]1O)NC(=O)CCCCCCCCCCCCCCCCCCCCCC. The van der Waals surface area contributed by atoms with Crippen molar-refractivity contribution in [3.05, 3.63) is 12.2 Å². The summed E-state index contributed by atoms with van der Waals surface area (Å²) in [7, 11) is 0. The molecule has 1 rings (SSSR count). The highest BCUT2D eigenvalue weighted by Crippen LogP contribution is 2.23. The van der Waals surface area contributed by atoms with Gasteiger partial charge in [-0.15, -0.1) is 0 Å². The van der Waals surface area contributed by atoms with Crippen molar-refractivity contribution in [1.82, 2.24) is 5.32 Å². The van der Waals surface area contributed by atoms with Crippen LogP contribution in [-0.2, 0) is 14.3 Å². The number of allylic oxidation sites excluding steroid dienone is 1. The zero-order valence-corrected chi connectivity index (χ0v) is 36.4. The first-order chi connectivity index (χ1) is 27.3. The summed E-state index contributed by atoms with van der Waals surface area (Å²) in [6, 6.07) is -0.798. The number of hydrogen-bond acceptors (Lipinski definition) is 8. The number of aliphatic hydroxyl groups excluding tert-OH is 5. The molecule has 1 heterocycles. The number of ether oxygens (including phenoxy) is 2. The Bertz CT molecular complexity index is 888. The van der Waals surface area contributed by atoms with E-state index in [0.29, 0.717) is 6.42 Å². The van der Waals surface area contributed by atoms with Gasteiger partial charge in [0.25, 0.3) is 0 Å². The minimum atomic E-state index is -1.56. The van der Waals surface area contributed by atoms with Crippen LogP contribution in [0.2, 0.25) is 0 Å². The Hall–Kier alpha value is -1.07. The van der Waals surface area contributed by atoms with Crippen LogP contribution in [0.3, 0.4) is 0 Å². The highest BCUT2D eigenvalue weighted by molar-refractivity contribution is 5.76. The number of hydrogen-bond donors (Lipinski definition) is 6. The molecular weight excluding hydrogens is 707 g/mol. The monoisotopic (exact) mass is 798 g/mol. The van der Waals surface area contributed by atoms with Gasteiger partial charge in [0.2, 0.25) is 5.91 Å². The molecule has 7 atom stereocenters. The highest BCUT2D eigenvalue weighted by Gasteiger charge is 2.44. The van der Waals surface area contributed by atoms with Gasteiger partial charge in [0.15, 0.2) is 6.29 Å². The van der Waals surface area contributed by atoms with E-state index in [1.54, 1.807) is 6.08 Å². The van der Waals surface area contributed by atoms with Gasteiger partial charge in [-0.05, 0) is 19.3 Å². The average molecular weight is 798 g/mol. The van der Waals surface area contributed by atoms with Gasteiger partial charge >= 0.3 is 0 Å². The molecule has 332 valence electrons. The molecular formula is C47H91NO8. The fourth-order valence-corrected chi connectivity index (χ4v) is 7.75. The second-order valence-electron chi connectivity index (χ2n) is 16.9. The molecule has 1 unspecified atom stereocenters. The normalized spacial score (nSPS) is 21.2. The third-order valence-electron chi connectivity index (χ3n) is 11.6. The van der Waals surface area contributed by atoms with Crippen LogP contribution in [0.1, 0.15) is 226 Å². The Balaban J connectivity index is 2.29. The lowest BCUT2D eigenvalue weighted by Crippen LogP contribution is -2.60. The van der Waals surface area contributed by atoms with E-state index in [9.17, 15) is 30.3 Å². The number of nitrogens with one attached hydrogen (secondary N) is 1. The Morgan fingerprint density at radius 3 is 1.39 bits per heavy atom. The number of unbranched alkanes of at least 4 members (excludes halogenated alkanes) is 30. The molecule has 9 nitrogen and oxygen atoms in total. The number of rotatable bonds is 40. The third kappa shape index (κ3) is 28.4. The summed E-state index contributed by atoms with van der Waals surface area (Å²) >= 11 is 0. The predicted octanol–water partition coefficient (Wildman–Crippen LogP) is 10.1. The molecule has 0 aliphatic carbocycles. The van der Waals surface area contributed by atoms with Crippen LogP contribution in [0.4, 0.5) is 0 Å². The van der Waals surface area contributed by atoms with Crippen LogP contribution in [-0.4, -0.2) is 87.5 Å². The maximum absolute atomic E-state index is 13.0. The van der Waals surface area contributed by atoms with Crippen LogP contribution in [0.5, 0.6) is 0 Å². The maximum Gasteiger partial charge on any atom is 0.220 e. The summed E-state index contributed by atoms with van der Waals surface area (Å²) in [6.07, 6.45) is 36.8. The van der Waals surface area contributed by atoms with Crippen molar-refractivity contribution < 1.29 is 39.8 Å². The summed E-state index contributed by atoms with van der Waals surface area (Å²) in [6.45, 7) is 3.78. The van der Waals surface area contributed by atoms with Gasteiger partial charge in [-0.1, -0.05) is 212 Å². The molecule has 1 aliphatic heterocycles. The summed E-state index contributed by atoms with van der Waals surface area (Å²) in [5.74, 6) is -0.173. The quantitative estimate of drug-likeness (QED) is 0.0265. The van der Waals surface area contributed by atoms with Gasteiger partial charge in [-0.3, -0.25) is 4.79 Å². The van der Waals surface area contributed by atoms with Gasteiger partial charge in [-0.2, -0.15) is 0 Å². The second-order valence-corrected chi connectivity index (χ2v) is 16.9. The van der Waals surface area contributed by atoms with Crippen molar-refractivity contribution in [2.75, 3.05) is 13.2 Å². The number of carbonyl (C=O) groups excluding carboxylic acids is 1. The standard InChI is InChI=1S/C47H91NO8/c1-3-5-7-9-11-13-15-17-18-19-20-21-22-23-25-27-29-31-33-35-37-43(51)48-40(39-55-47-46(54)45(53)44(52)42(38-49)56-47)41(50)36-34-32-30-28-26-24-16-14-12-10-8-6-4-2/h34,36,40-42,44-47,49-50,52-54H,3-33,35,37-39H2,1-2H3,(H,48,51)/b36-34+/t40-,41+,42+,44-,45-,46+,47?/m0/s1. The third-order valence-corrected chi connectivity index (χ3v) is 11.6. The topological polar surface area (TPSA) is 149 Å². The maximum atomic E-state index is 13.0. The molecule has 0 radical (unpaired) electrons. The zero-order chi connectivity index (χ0) is 40.9. The van der Waals surface area contributed by atoms with E-state index < -0.39 is 49.5 Å². The minimum absolute atomic E-state index is 0.173. The van der Waals surface area contributed by atoms with Gasteiger partial charge in [-0.25, -0.2) is 0 Å². The lowest BCUT2D eigenvalue weighted by Gasteiger charge is -2.40. The Labute approximate surface area is 344 Å². The predicted molar refractivity (Wildman–Crippen MR) is 231 cm³/mol. The van der Waals surface area contributed by atoms with E-state index in [1.807, 2.05) is 6.08 Å². The summed E-state index contributed by atoms with van der Waals surface area (Å²) in [5, 5.41) is 54.2. The molecule has 0 spiro atoms. The van der Waals surface area contributed by atoms with Crippen molar-refractivity contribution >= 4 is 5.91 Å². The average Bonchev–Trinajstić information content (AvgIpc) is 3.20. The van der Waals surface area contributed by atoms with E-state index in [4.69, 9.17) is 9.47 Å². The van der Waals surface area contributed by atoms with Crippen LogP contribution in [0.25, 0.3) is 0 Å². The van der Waals surface area contributed by atoms with Crippen molar-refractivity contribution in [3.63, 3.8) is 0 Å². The Morgan fingerprint density at radius 1 is 0.589 bits per heavy atom. The van der Waals surface area contributed by atoms with Gasteiger partial charge in [0, 0.05) is 6.42 Å². The van der Waals surface area contributed by atoms with Crippen molar-refractivity contribution in [3.8, 4) is 0 Å². The molecule has 9 heteroatoms. The molecule has 1 fully saturated rings. The Morgan fingerprint density at radius 2 is 0.982 bits per heavy atom. The molecule has 0 aromatic heterocycles.